The van der Waals surface area contributed by atoms with Crippen molar-refractivity contribution in [2.24, 2.45) is 16.6 Å². The van der Waals surface area contributed by atoms with Crippen LogP contribution in [0.25, 0.3) is 23.3 Å². The molecule has 0 spiro atoms. The van der Waals surface area contributed by atoms with Crippen molar-refractivity contribution in [3.05, 3.63) is 155 Å². The second-order valence-electron chi connectivity index (χ2n) is 13.7. The predicted molar refractivity (Wildman–Crippen MR) is 260 cm³/mol. The van der Waals surface area contributed by atoms with E-state index < -0.39 is 6.17 Å². The summed E-state index contributed by atoms with van der Waals surface area (Å²) in [6.45, 7) is 23.0. The zero-order chi connectivity index (χ0) is 39.6. The maximum Gasteiger partial charge on any atom is 0.155 e. The lowest BCUT2D eigenvalue weighted by Gasteiger charge is -2.29. The quantitative estimate of drug-likeness (QED) is 0.101. The van der Waals surface area contributed by atoms with Crippen molar-refractivity contribution in [3.8, 4) is 11.1 Å². The summed E-state index contributed by atoms with van der Waals surface area (Å²) < 4.78 is 14.1. The van der Waals surface area contributed by atoms with E-state index in [0.29, 0.717) is 19.7 Å². The van der Waals surface area contributed by atoms with E-state index in [4.69, 9.17) is 10.6 Å². The van der Waals surface area contributed by atoms with Gasteiger partial charge in [-0.15, -0.1) is 0 Å². The van der Waals surface area contributed by atoms with Gasteiger partial charge in [-0.2, -0.15) is 0 Å². The van der Waals surface area contributed by atoms with Crippen LogP contribution in [0.3, 0.4) is 0 Å². The minimum absolute atomic E-state index is 0. The molecule has 1 atom stereocenters. The van der Waals surface area contributed by atoms with Crippen LogP contribution in [0.2, 0.25) is 0 Å². The van der Waals surface area contributed by atoms with E-state index >= 15 is 0 Å². The summed E-state index contributed by atoms with van der Waals surface area (Å²) in [7, 11) is 1.94. The number of alkyl halides is 1. The summed E-state index contributed by atoms with van der Waals surface area (Å²) in [6.07, 6.45) is 10.7. The molecule has 1 unspecified atom stereocenters. The Kier molecular flexibility index (Phi) is 26.1. The molecule has 2 heterocycles. The number of aromatic nitrogens is 1. The highest BCUT2D eigenvalue weighted by molar-refractivity contribution is 5.98. The number of fused-ring (bicyclic) bond motifs is 3. The summed E-state index contributed by atoms with van der Waals surface area (Å²) in [6, 6.07) is 23.8. The summed E-state index contributed by atoms with van der Waals surface area (Å²) >= 11 is 0. The van der Waals surface area contributed by atoms with Crippen LogP contribution in [-0.4, -0.2) is 49.2 Å². The number of aliphatic imine (C=N–C) groups is 1. The van der Waals surface area contributed by atoms with Gasteiger partial charge in [0.15, 0.2) is 12.0 Å². The SMILES string of the molecule is C.C.C.C=Cc1ccc(C2=NCCON2CCC(=C)CNCc2cc(CNC)c(C=C)[nH]2)cc1.CC.CC1CC=CC1.F.NCc1ccc2c(c1)-c1ccccc1C2F.[HH].[HH].[HH]. The number of allylic oxidation sites excluding steroid dienone is 2. The van der Waals surface area contributed by atoms with E-state index in [1.165, 1.54) is 18.4 Å². The molecule has 0 fully saturated rings. The van der Waals surface area contributed by atoms with Gasteiger partial charge in [0.25, 0.3) is 0 Å². The van der Waals surface area contributed by atoms with E-state index in [-0.39, 0.29) is 31.3 Å². The zero-order valence-corrected chi connectivity index (χ0v) is 33.8. The summed E-state index contributed by atoms with van der Waals surface area (Å²) in [5, 5.41) is 8.54. The van der Waals surface area contributed by atoms with Gasteiger partial charge in [0.05, 0.1) is 19.7 Å². The summed E-state index contributed by atoms with van der Waals surface area (Å²) in [4.78, 5) is 14.0. The molecule has 4 aromatic rings. The summed E-state index contributed by atoms with van der Waals surface area (Å²) in [5.41, 5.74) is 16.9. The van der Waals surface area contributed by atoms with Crippen molar-refractivity contribution >= 4 is 18.0 Å². The number of amidine groups is 1. The number of nitrogens with zero attached hydrogens (tertiary/aromatic N) is 2. The van der Waals surface area contributed by atoms with E-state index in [2.05, 4.69) is 77.6 Å². The van der Waals surface area contributed by atoms with E-state index in [9.17, 15) is 4.39 Å². The highest BCUT2D eigenvalue weighted by Gasteiger charge is 2.28. The fourth-order valence-corrected chi connectivity index (χ4v) is 6.60. The van der Waals surface area contributed by atoms with Crippen LogP contribution in [0.4, 0.5) is 9.09 Å². The Balaban J connectivity index is -0.000000458. The average molecular weight is 819 g/mol. The highest BCUT2D eigenvalue weighted by atomic mass is 19.1. The molecule has 0 bridgehead atoms. The maximum atomic E-state index is 14.1. The molecule has 59 heavy (non-hydrogen) atoms. The molecule has 0 radical (unpaired) electrons. The fourth-order valence-electron chi connectivity index (χ4n) is 6.60. The molecule has 9 heteroatoms. The molecule has 1 aromatic heterocycles. The Morgan fingerprint density at radius 2 is 1.64 bits per heavy atom. The molecule has 0 amide bonds. The normalized spacial score (nSPS) is 14.2. The van der Waals surface area contributed by atoms with Crippen molar-refractivity contribution in [1.82, 2.24) is 20.7 Å². The first-order valence-corrected chi connectivity index (χ1v) is 19.6. The topological polar surface area (TPSA) is 90.7 Å². The largest absolute Gasteiger partial charge is 0.358 e. The Hall–Kier alpha value is -4.93. The Bertz CT molecular complexity index is 1910. The van der Waals surface area contributed by atoms with Gasteiger partial charge in [0, 0.05) is 47.4 Å². The molecular weight excluding hydrogens is 739 g/mol. The van der Waals surface area contributed by atoms with E-state index in [1.54, 1.807) is 0 Å². The van der Waals surface area contributed by atoms with Crippen LogP contribution in [-0.2, 0) is 24.5 Å². The third-order valence-corrected chi connectivity index (χ3v) is 9.55. The van der Waals surface area contributed by atoms with Crippen molar-refractivity contribution in [1.29, 1.82) is 0 Å². The second kappa shape index (κ2) is 28.5. The predicted octanol–water partition coefficient (Wildman–Crippen LogP) is 12.7. The number of hydrogen-bond donors (Lipinski definition) is 4. The van der Waals surface area contributed by atoms with Crippen LogP contribution in [0, 0.1) is 5.92 Å². The van der Waals surface area contributed by atoms with Crippen molar-refractivity contribution in [2.75, 3.05) is 33.3 Å². The van der Waals surface area contributed by atoms with Crippen LogP contribution >= 0.6 is 0 Å². The van der Waals surface area contributed by atoms with Gasteiger partial charge in [-0.1, -0.05) is 147 Å². The molecule has 7 rings (SSSR count). The van der Waals surface area contributed by atoms with Crippen LogP contribution in [0.5, 0.6) is 0 Å². The van der Waals surface area contributed by atoms with Crippen LogP contribution < -0.4 is 16.4 Å². The molecule has 7 nitrogen and oxygen atoms in total. The number of hydrogen-bond acceptors (Lipinski definition) is 6. The molecule has 2 aliphatic carbocycles. The smallest absolute Gasteiger partial charge is 0.155 e. The maximum absolute atomic E-state index is 14.1. The van der Waals surface area contributed by atoms with Gasteiger partial charge in [-0.05, 0) is 89.4 Å². The van der Waals surface area contributed by atoms with E-state index in [0.717, 1.165) is 100 Å². The van der Waals surface area contributed by atoms with E-state index in [1.807, 2.05) is 92.7 Å². The molecule has 330 valence electrons. The number of halogens is 2. The number of aromatic amines is 1. The third-order valence-electron chi connectivity index (χ3n) is 9.55. The number of H-pyrrole nitrogens is 1. The Labute approximate surface area is 360 Å². The molecule has 0 saturated carbocycles. The van der Waals surface area contributed by atoms with Gasteiger partial charge in [-0.3, -0.25) is 14.5 Å². The number of nitrogens with one attached hydrogen (secondary N) is 3. The average Bonchev–Trinajstić information content (AvgIpc) is 3.96. The first-order chi connectivity index (χ1) is 26.8. The second-order valence-corrected chi connectivity index (χ2v) is 13.7. The van der Waals surface area contributed by atoms with Gasteiger partial charge in [0.1, 0.15) is 0 Å². The highest BCUT2D eigenvalue weighted by Crippen LogP contribution is 2.45. The first kappa shape index (κ1) is 54.1. The number of nitrogens with two attached hydrogens (primary N) is 1. The molecule has 3 aliphatic rings. The van der Waals surface area contributed by atoms with Crippen LogP contribution in [0.15, 0.2) is 115 Å². The van der Waals surface area contributed by atoms with Crippen molar-refractivity contribution < 1.29 is 18.2 Å². The minimum atomic E-state index is -0.988. The fraction of sp³-hybridized carbons (Fsp3) is 0.380. The Morgan fingerprint density at radius 1 is 0.966 bits per heavy atom. The molecule has 5 N–H and O–H groups in total. The molecule has 1 aliphatic heterocycles. The standard InChI is InChI=1S/C25H33N5O.C14H12FN.C6H10.C2H6.3CH4.FH.3H2/c1-5-20-7-9-21(10-8-20)25-28-12-14-31-30(25)13-11-19(3)16-27-18-23-15-22(17-26-4)24(6-2)29-23;15-14-11-4-2-1-3-10(11)13-7-9(8-16)5-6-12(13)14;1-6-4-2-3-5-6;1-2;;;;;;;/h5-10,15,26-27,29H,1-3,11-14,16-18H2,4H3;1-7,14H,8,16H2;2-3,6H,4-5H2,1H3;1-2H3;3*1H4;4*1H. The monoisotopic (exact) mass is 819 g/mol. The minimum Gasteiger partial charge on any atom is -0.358 e. The lowest BCUT2D eigenvalue weighted by molar-refractivity contribution is -0.102. The van der Waals surface area contributed by atoms with Gasteiger partial charge >= 0.3 is 0 Å². The number of benzene rings is 3. The summed E-state index contributed by atoms with van der Waals surface area (Å²) in [5.74, 6) is 1.81. The third kappa shape index (κ3) is 15.3. The van der Waals surface area contributed by atoms with Gasteiger partial charge < -0.3 is 21.4 Å². The lowest BCUT2D eigenvalue weighted by Crippen LogP contribution is -2.37. The van der Waals surface area contributed by atoms with Crippen molar-refractivity contribution in [2.45, 2.75) is 88.1 Å². The number of rotatable bonds is 13. The zero-order valence-electron chi connectivity index (χ0n) is 33.8. The lowest BCUT2D eigenvalue weighted by atomic mass is 10.0. The van der Waals surface area contributed by atoms with Crippen LogP contribution in [0.1, 0.15) is 118 Å². The molecular formula is C50H80F2N6O. The number of hydroxylamine groups is 2. The first-order valence-electron chi connectivity index (χ1n) is 19.6. The molecule has 3 aromatic carbocycles. The Morgan fingerprint density at radius 3 is 2.25 bits per heavy atom. The molecule has 0 saturated heterocycles. The van der Waals surface area contributed by atoms with Gasteiger partial charge in [-0.25, -0.2) is 9.45 Å². The van der Waals surface area contributed by atoms with Gasteiger partial charge in [0.2, 0.25) is 0 Å². The van der Waals surface area contributed by atoms with Crippen molar-refractivity contribution in [3.63, 3.8) is 0 Å².